The lowest BCUT2D eigenvalue weighted by Gasteiger charge is -2.18. The highest BCUT2D eigenvalue weighted by molar-refractivity contribution is 6.32. The molecule has 0 N–H and O–H groups in total. The van der Waals surface area contributed by atoms with Crippen molar-refractivity contribution in [2.45, 2.75) is 59.3 Å². The first-order valence-electron chi connectivity index (χ1n) is 9.97. The first-order valence-corrected chi connectivity index (χ1v) is 10.3. The second-order valence-corrected chi connectivity index (χ2v) is 7.84. The zero-order valence-electron chi connectivity index (χ0n) is 16.8. The third-order valence-corrected chi connectivity index (χ3v) is 5.46. The Bertz CT molecular complexity index is 739. The minimum Gasteiger partial charge on any atom is -0.492 e. The molecule has 0 fully saturated rings. The van der Waals surface area contributed by atoms with Gasteiger partial charge >= 0.3 is 0 Å². The number of carbonyl (C=O) groups excluding carboxylic acids is 1. The van der Waals surface area contributed by atoms with Gasteiger partial charge in [-0.05, 0) is 73.9 Å². The van der Waals surface area contributed by atoms with E-state index in [-0.39, 0.29) is 0 Å². The standard InChI is InChI=1S/C24H31ClO2/c1-4-5-7-20(15-21-10-9-18(2)19(3)14-21)8-6-13-27-24-12-11-22(17-26)16-23(24)25/h9-12,14,16-17,20H,4-8,13,15H2,1-3H3/t20-/m1/s1. The van der Waals surface area contributed by atoms with Crippen molar-refractivity contribution in [2.75, 3.05) is 6.61 Å². The first-order chi connectivity index (χ1) is 13.0. The van der Waals surface area contributed by atoms with Crippen LogP contribution in [0.15, 0.2) is 36.4 Å². The summed E-state index contributed by atoms with van der Waals surface area (Å²) in [4.78, 5) is 10.8. The normalized spacial score (nSPS) is 12.0. The van der Waals surface area contributed by atoms with Gasteiger partial charge in [0, 0.05) is 5.56 Å². The molecule has 3 heteroatoms. The molecular formula is C24H31ClO2. The van der Waals surface area contributed by atoms with Gasteiger partial charge in [0.1, 0.15) is 12.0 Å². The van der Waals surface area contributed by atoms with Crippen LogP contribution < -0.4 is 4.74 Å². The Morgan fingerprint density at radius 2 is 1.81 bits per heavy atom. The van der Waals surface area contributed by atoms with E-state index in [0.29, 0.717) is 28.9 Å². The number of aldehydes is 1. The Balaban J connectivity index is 1.86. The van der Waals surface area contributed by atoms with Gasteiger partial charge in [-0.3, -0.25) is 4.79 Å². The summed E-state index contributed by atoms with van der Waals surface area (Å²) >= 11 is 6.17. The number of hydrogen-bond donors (Lipinski definition) is 0. The molecular weight excluding hydrogens is 356 g/mol. The Morgan fingerprint density at radius 3 is 2.48 bits per heavy atom. The lowest BCUT2D eigenvalue weighted by Crippen LogP contribution is -2.08. The molecule has 0 aliphatic rings. The molecule has 0 aliphatic heterocycles. The molecule has 0 spiro atoms. The SMILES string of the molecule is CCCC[C@H](CCCOc1ccc(C=O)cc1Cl)Cc1ccc(C)c(C)c1. The second-order valence-electron chi connectivity index (χ2n) is 7.43. The minimum atomic E-state index is 0.497. The largest absolute Gasteiger partial charge is 0.492 e. The molecule has 0 amide bonds. The molecule has 2 aromatic carbocycles. The molecule has 0 saturated carbocycles. The summed E-state index contributed by atoms with van der Waals surface area (Å²) in [6, 6.07) is 12.0. The number of aryl methyl sites for hydroxylation is 2. The Kier molecular flexibility index (Phi) is 8.87. The summed E-state index contributed by atoms with van der Waals surface area (Å²) in [6.45, 7) is 7.25. The van der Waals surface area contributed by atoms with Crippen molar-refractivity contribution >= 4 is 17.9 Å². The van der Waals surface area contributed by atoms with E-state index in [0.717, 1.165) is 25.5 Å². The third kappa shape index (κ3) is 7.03. The highest BCUT2D eigenvalue weighted by atomic mass is 35.5. The van der Waals surface area contributed by atoms with Crippen molar-refractivity contribution in [1.82, 2.24) is 0 Å². The zero-order chi connectivity index (χ0) is 19.6. The van der Waals surface area contributed by atoms with Crippen LogP contribution >= 0.6 is 11.6 Å². The van der Waals surface area contributed by atoms with Gasteiger partial charge in [0.2, 0.25) is 0 Å². The summed E-state index contributed by atoms with van der Waals surface area (Å²) in [5.41, 5.74) is 4.74. The molecule has 27 heavy (non-hydrogen) atoms. The molecule has 0 unspecified atom stereocenters. The average Bonchev–Trinajstić information content (AvgIpc) is 2.66. The van der Waals surface area contributed by atoms with Gasteiger partial charge in [-0.25, -0.2) is 0 Å². The molecule has 0 aromatic heterocycles. The van der Waals surface area contributed by atoms with E-state index in [1.807, 2.05) is 0 Å². The molecule has 0 bridgehead atoms. The third-order valence-electron chi connectivity index (χ3n) is 5.17. The van der Waals surface area contributed by atoms with Crippen molar-refractivity contribution in [1.29, 1.82) is 0 Å². The lowest BCUT2D eigenvalue weighted by atomic mass is 9.89. The van der Waals surface area contributed by atoms with Gasteiger partial charge in [0.15, 0.2) is 0 Å². The van der Waals surface area contributed by atoms with E-state index in [1.54, 1.807) is 18.2 Å². The minimum absolute atomic E-state index is 0.497. The fourth-order valence-corrected chi connectivity index (χ4v) is 3.61. The van der Waals surface area contributed by atoms with Crippen molar-refractivity contribution in [3.05, 3.63) is 63.7 Å². The van der Waals surface area contributed by atoms with Crippen molar-refractivity contribution in [3.8, 4) is 5.75 Å². The Labute approximate surface area is 168 Å². The summed E-state index contributed by atoms with van der Waals surface area (Å²) in [5, 5.41) is 0.497. The summed E-state index contributed by atoms with van der Waals surface area (Å²) in [7, 11) is 0. The first kappa shape index (κ1) is 21.5. The zero-order valence-corrected chi connectivity index (χ0v) is 17.5. The molecule has 0 saturated heterocycles. The summed E-state index contributed by atoms with van der Waals surface area (Å²) in [5.74, 6) is 1.34. The van der Waals surface area contributed by atoms with Crippen LogP contribution in [0, 0.1) is 19.8 Å². The molecule has 2 nitrogen and oxygen atoms in total. The van der Waals surface area contributed by atoms with Crippen LogP contribution in [-0.4, -0.2) is 12.9 Å². The molecule has 0 aliphatic carbocycles. The summed E-state index contributed by atoms with van der Waals surface area (Å²) in [6.07, 6.45) is 7.85. The fraction of sp³-hybridized carbons (Fsp3) is 0.458. The van der Waals surface area contributed by atoms with Crippen LogP contribution in [0.4, 0.5) is 0 Å². The smallest absolute Gasteiger partial charge is 0.150 e. The topological polar surface area (TPSA) is 26.3 Å². The van der Waals surface area contributed by atoms with E-state index in [1.165, 1.54) is 36.0 Å². The number of rotatable bonds is 11. The predicted molar refractivity (Wildman–Crippen MR) is 114 cm³/mol. The number of carbonyl (C=O) groups is 1. The van der Waals surface area contributed by atoms with Crippen molar-refractivity contribution in [3.63, 3.8) is 0 Å². The molecule has 1 atom stereocenters. The number of benzene rings is 2. The predicted octanol–water partition coefficient (Wildman–Crippen LogP) is 6.98. The summed E-state index contributed by atoms with van der Waals surface area (Å²) < 4.78 is 5.83. The highest BCUT2D eigenvalue weighted by Crippen LogP contribution is 2.26. The molecule has 2 aromatic rings. The van der Waals surface area contributed by atoms with E-state index >= 15 is 0 Å². The van der Waals surface area contributed by atoms with Gasteiger partial charge in [0.05, 0.1) is 11.6 Å². The van der Waals surface area contributed by atoms with Crippen LogP contribution in [0.25, 0.3) is 0 Å². The van der Waals surface area contributed by atoms with Gasteiger partial charge in [0.25, 0.3) is 0 Å². The van der Waals surface area contributed by atoms with E-state index in [9.17, 15) is 4.79 Å². The van der Waals surface area contributed by atoms with E-state index < -0.39 is 0 Å². The van der Waals surface area contributed by atoms with E-state index in [4.69, 9.17) is 16.3 Å². The molecule has 0 heterocycles. The maximum absolute atomic E-state index is 10.8. The molecule has 146 valence electrons. The highest BCUT2D eigenvalue weighted by Gasteiger charge is 2.11. The van der Waals surface area contributed by atoms with Crippen molar-refractivity contribution in [2.24, 2.45) is 5.92 Å². The van der Waals surface area contributed by atoms with Crippen LogP contribution in [0.2, 0.25) is 5.02 Å². The Morgan fingerprint density at radius 1 is 1.04 bits per heavy atom. The van der Waals surface area contributed by atoms with Crippen LogP contribution in [0.5, 0.6) is 5.75 Å². The quantitative estimate of drug-likeness (QED) is 0.307. The van der Waals surface area contributed by atoms with Gasteiger partial charge in [-0.15, -0.1) is 0 Å². The monoisotopic (exact) mass is 386 g/mol. The average molecular weight is 387 g/mol. The molecule has 0 radical (unpaired) electrons. The maximum Gasteiger partial charge on any atom is 0.150 e. The van der Waals surface area contributed by atoms with Crippen LogP contribution in [-0.2, 0) is 6.42 Å². The number of halogens is 1. The van der Waals surface area contributed by atoms with Crippen LogP contribution in [0.3, 0.4) is 0 Å². The lowest BCUT2D eigenvalue weighted by molar-refractivity contribution is 0.112. The van der Waals surface area contributed by atoms with Crippen molar-refractivity contribution < 1.29 is 9.53 Å². The fourth-order valence-electron chi connectivity index (χ4n) is 3.37. The number of hydrogen-bond acceptors (Lipinski definition) is 2. The van der Waals surface area contributed by atoms with Gasteiger partial charge < -0.3 is 4.74 Å². The number of ether oxygens (including phenoxy) is 1. The number of unbranched alkanes of at least 4 members (excludes halogenated alkanes) is 1. The maximum atomic E-state index is 10.8. The molecule has 2 rings (SSSR count). The van der Waals surface area contributed by atoms with Gasteiger partial charge in [-0.1, -0.05) is 56.0 Å². The van der Waals surface area contributed by atoms with Crippen LogP contribution in [0.1, 0.15) is 66.1 Å². The van der Waals surface area contributed by atoms with Gasteiger partial charge in [-0.2, -0.15) is 0 Å². The van der Waals surface area contributed by atoms with E-state index in [2.05, 4.69) is 39.0 Å². The Hall–Kier alpha value is -1.80. The second kappa shape index (κ2) is 11.1.